The molecule has 1 N–H and O–H groups in total. The van der Waals surface area contributed by atoms with E-state index in [0.29, 0.717) is 5.75 Å². The van der Waals surface area contributed by atoms with Gasteiger partial charge in [0, 0.05) is 18.7 Å². The Labute approximate surface area is 113 Å². The summed E-state index contributed by atoms with van der Waals surface area (Å²) >= 11 is 0. The Kier molecular flexibility index (Phi) is 3.27. The van der Waals surface area contributed by atoms with Crippen molar-refractivity contribution in [2.75, 3.05) is 0 Å². The zero-order valence-corrected chi connectivity index (χ0v) is 12.1. The third-order valence-electron chi connectivity index (χ3n) is 2.95. The summed E-state index contributed by atoms with van der Waals surface area (Å²) in [5.74, 6) is 1.51. The second-order valence-electron chi connectivity index (χ2n) is 5.74. The number of nitrogens with zero attached hydrogens (tertiary/aromatic N) is 2. The molecule has 0 unspecified atom stereocenters. The smallest absolute Gasteiger partial charge is 0.221 e. The van der Waals surface area contributed by atoms with Gasteiger partial charge in [-0.2, -0.15) is 5.10 Å². The van der Waals surface area contributed by atoms with Crippen molar-refractivity contribution in [2.45, 2.75) is 33.1 Å². The van der Waals surface area contributed by atoms with Gasteiger partial charge in [0.2, 0.25) is 5.88 Å². The van der Waals surface area contributed by atoms with Crippen LogP contribution >= 0.6 is 0 Å². The number of hydrogen-bond acceptors (Lipinski definition) is 3. The van der Waals surface area contributed by atoms with Crippen LogP contribution in [0.5, 0.6) is 17.4 Å². The summed E-state index contributed by atoms with van der Waals surface area (Å²) in [5, 5.41) is 13.9. The fraction of sp³-hybridized carbons (Fsp3) is 0.400. The van der Waals surface area contributed by atoms with Crippen LogP contribution in [0.25, 0.3) is 0 Å². The van der Waals surface area contributed by atoms with Crippen LogP contribution in [0.15, 0.2) is 24.3 Å². The molecular weight excluding hydrogens is 240 g/mol. The Morgan fingerprint density at radius 1 is 1.26 bits per heavy atom. The van der Waals surface area contributed by atoms with Crippen molar-refractivity contribution in [3.8, 4) is 17.4 Å². The number of hydrogen-bond donors (Lipinski definition) is 1. The average molecular weight is 260 g/mol. The van der Waals surface area contributed by atoms with Gasteiger partial charge < -0.3 is 9.84 Å². The maximum atomic E-state index is 9.49. The van der Waals surface area contributed by atoms with E-state index in [-0.39, 0.29) is 11.2 Å². The molecule has 0 aliphatic carbocycles. The highest BCUT2D eigenvalue weighted by Crippen LogP contribution is 2.36. The number of ether oxygens (including phenoxy) is 1. The normalized spacial score (nSPS) is 11.6. The van der Waals surface area contributed by atoms with Crippen molar-refractivity contribution >= 4 is 0 Å². The molecule has 1 aromatic carbocycles. The molecule has 0 atom stereocenters. The molecule has 0 aliphatic rings. The molecule has 0 saturated heterocycles. The lowest BCUT2D eigenvalue weighted by Crippen LogP contribution is -2.13. The van der Waals surface area contributed by atoms with Crippen LogP contribution in [0.4, 0.5) is 0 Å². The zero-order chi connectivity index (χ0) is 14.2. The zero-order valence-electron chi connectivity index (χ0n) is 12.1. The minimum absolute atomic E-state index is 0.0511. The molecule has 0 radical (unpaired) electrons. The molecule has 1 heterocycles. The van der Waals surface area contributed by atoms with E-state index in [1.165, 1.54) is 0 Å². The summed E-state index contributed by atoms with van der Waals surface area (Å²) in [4.78, 5) is 0. The van der Waals surface area contributed by atoms with Crippen LogP contribution < -0.4 is 4.74 Å². The summed E-state index contributed by atoms with van der Waals surface area (Å²) < 4.78 is 7.64. The molecule has 0 spiro atoms. The van der Waals surface area contributed by atoms with Gasteiger partial charge in [0.25, 0.3) is 0 Å². The molecule has 0 amide bonds. The first-order valence-electron chi connectivity index (χ1n) is 6.30. The van der Waals surface area contributed by atoms with Crippen molar-refractivity contribution in [1.29, 1.82) is 0 Å². The number of aromatic hydroxyl groups is 1. The molecule has 102 valence electrons. The minimum atomic E-state index is -0.0511. The highest BCUT2D eigenvalue weighted by Gasteiger charge is 2.26. The topological polar surface area (TPSA) is 47.3 Å². The van der Waals surface area contributed by atoms with Gasteiger partial charge in [-0.25, -0.2) is 4.68 Å². The fourth-order valence-electron chi connectivity index (χ4n) is 2.28. The SMILES string of the molecule is Cc1nn(C)c(Oc2cccc(O)c2)c1C(C)(C)C. The fourth-order valence-corrected chi connectivity index (χ4v) is 2.28. The van der Waals surface area contributed by atoms with Crippen LogP contribution in [-0.4, -0.2) is 14.9 Å². The lowest BCUT2D eigenvalue weighted by atomic mass is 9.87. The van der Waals surface area contributed by atoms with E-state index in [0.717, 1.165) is 17.1 Å². The quantitative estimate of drug-likeness (QED) is 0.898. The van der Waals surface area contributed by atoms with E-state index in [2.05, 4.69) is 25.9 Å². The summed E-state index contributed by atoms with van der Waals surface area (Å²) in [7, 11) is 1.86. The van der Waals surface area contributed by atoms with Gasteiger partial charge in [-0.05, 0) is 24.5 Å². The van der Waals surface area contributed by atoms with E-state index in [4.69, 9.17) is 4.74 Å². The summed E-state index contributed by atoms with van der Waals surface area (Å²) in [5.41, 5.74) is 1.99. The standard InChI is InChI=1S/C15H20N2O2/c1-10-13(15(2,3)4)14(17(5)16-10)19-12-8-6-7-11(18)9-12/h6-9,18H,1-5H3. The Balaban J connectivity index is 2.46. The highest BCUT2D eigenvalue weighted by molar-refractivity contribution is 5.41. The molecule has 0 saturated carbocycles. The Bertz CT molecular complexity index is 595. The Morgan fingerprint density at radius 3 is 2.53 bits per heavy atom. The van der Waals surface area contributed by atoms with Gasteiger partial charge in [0.05, 0.1) is 5.69 Å². The number of phenolic OH excluding ortho intramolecular Hbond substituents is 1. The number of benzene rings is 1. The van der Waals surface area contributed by atoms with E-state index in [9.17, 15) is 5.11 Å². The predicted octanol–water partition coefficient (Wildman–Crippen LogP) is 3.52. The van der Waals surface area contributed by atoms with Crippen LogP contribution in [0.3, 0.4) is 0 Å². The average Bonchev–Trinajstić information content (AvgIpc) is 2.53. The molecule has 2 rings (SSSR count). The van der Waals surface area contributed by atoms with E-state index >= 15 is 0 Å². The first kappa shape index (κ1) is 13.5. The third kappa shape index (κ3) is 2.72. The van der Waals surface area contributed by atoms with Crippen molar-refractivity contribution < 1.29 is 9.84 Å². The molecule has 0 fully saturated rings. The van der Waals surface area contributed by atoms with E-state index in [1.807, 2.05) is 20.0 Å². The van der Waals surface area contributed by atoms with Crippen LogP contribution in [0, 0.1) is 6.92 Å². The van der Waals surface area contributed by atoms with Crippen molar-refractivity contribution in [3.63, 3.8) is 0 Å². The predicted molar refractivity (Wildman–Crippen MR) is 74.8 cm³/mol. The Morgan fingerprint density at radius 2 is 1.95 bits per heavy atom. The molecule has 2 aromatic rings. The van der Waals surface area contributed by atoms with Gasteiger partial charge in [-0.15, -0.1) is 0 Å². The molecule has 0 bridgehead atoms. The molecule has 19 heavy (non-hydrogen) atoms. The van der Waals surface area contributed by atoms with Gasteiger partial charge >= 0.3 is 0 Å². The van der Waals surface area contributed by atoms with Crippen molar-refractivity contribution in [1.82, 2.24) is 9.78 Å². The first-order valence-corrected chi connectivity index (χ1v) is 6.30. The third-order valence-corrected chi connectivity index (χ3v) is 2.95. The van der Waals surface area contributed by atoms with E-state index < -0.39 is 0 Å². The second-order valence-corrected chi connectivity index (χ2v) is 5.74. The number of aromatic nitrogens is 2. The van der Waals surface area contributed by atoms with Gasteiger partial charge in [-0.1, -0.05) is 26.8 Å². The molecule has 4 nitrogen and oxygen atoms in total. The van der Waals surface area contributed by atoms with Crippen LogP contribution in [0.1, 0.15) is 32.0 Å². The number of phenols is 1. The van der Waals surface area contributed by atoms with Crippen molar-refractivity contribution in [2.24, 2.45) is 7.05 Å². The van der Waals surface area contributed by atoms with Gasteiger partial charge in [0.15, 0.2) is 0 Å². The summed E-state index contributed by atoms with van der Waals surface area (Å²) in [6.45, 7) is 8.38. The van der Waals surface area contributed by atoms with E-state index in [1.54, 1.807) is 22.9 Å². The van der Waals surface area contributed by atoms with Crippen LogP contribution in [0.2, 0.25) is 0 Å². The largest absolute Gasteiger partial charge is 0.508 e. The second kappa shape index (κ2) is 4.61. The molecule has 4 heteroatoms. The minimum Gasteiger partial charge on any atom is -0.508 e. The lowest BCUT2D eigenvalue weighted by Gasteiger charge is -2.20. The molecule has 0 aliphatic heterocycles. The highest BCUT2D eigenvalue weighted by atomic mass is 16.5. The van der Waals surface area contributed by atoms with Gasteiger partial charge in [0.1, 0.15) is 11.5 Å². The lowest BCUT2D eigenvalue weighted by molar-refractivity contribution is 0.408. The number of aryl methyl sites for hydroxylation is 2. The summed E-state index contributed by atoms with van der Waals surface area (Å²) in [6, 6.07) is 6.78. The number of rotatable bonds is 2. The van der Waals surface area contributed by atoms with Gasteiger partial charge in [-0.3, -0.25) is 0 Å². The van der Waals surface area contributed by atoms with Crippen LogP contribution in [-0.2, 0) is 12.5 Å². The summed E-state index contributed by atoms with van der Waals surface area (Å²) in [6.07, 6.45) is 0. The molecule has 1 aromatic heterocycles. The molecular formula is C15H20N2O2. The Hall–Kier alpha value is -1.97. The van der Waals surface area contributed by atoms with Crippen molar-refractivity contribution in [3.05, 3.63) is 35.5 Å². The maximum Gasteiger partial charge on any atom is 0.221 e. The first-order chi connectivity index (χ1) is 8.79. The monoisotopic (exact) mass is 260 g/mol. The maximum absolute atomic E-state index is 9.49.